The van der Waals surface area contributed by atoms with Gasteiger partial charge in [0.1, 0.15) is 5.76 Å². The number of amides is 2. The van der Waals surface area contributed by atoms with E-state index >= 15 is 0 Å². The lowest BCUT2D eigenvalue weighted by atomic mass is 10.1. The van der Waals surface area contributed by atoms with Crippen LogP contribution in [0.25, 0.3) is 0 Å². The molecular weight excluding hydrogens is 298 g/mol. The van der Waals surface area contributed by atoms with Gasteiger partial charge in [0.25, 0.3) is 11.8 Å². The van der Waals surface area contributed by atoms with Crippen molar-refractivity contribution in [3.8, 4) is 0 Å². The Morgan fingerprint density at radius 3 is 2.57 bits per heavy atom. The van der Waals surface area contributed by atoms with Crippen molar-refractivity contribution in [2.75, 3.05) is 0 Å². The molecule has 0 aliphatic carbocycles. The fourth-order valence-electron chi connectivity index (χ4n) is 2.40. The first-order valence-corrected chi connectivity index (χ1v) is 7.21. The third-order valence-electron chi connectivity index (χ3n) is 3.44. The maximum Gasteiger partial charge on any atom is 0.338 e. The van der Waals surface area contributed by atoms with Gasteiger partial charge in [0.05, 0.1) is 35.6 Å². The van der Waals surface area contributed by atoms with Crippen LogP contribution < -0.4 is 0 Å². The predicted molar refractivity (Wildman–Crippen MR) is 79.9 cm³/mol. The molecule has 0 saturated carbocycles. The molecule has 1 aliphatic rings. The van der Waals surface area contributed by atoms with Gasteiger partial charge in [-0.2, -0.15) is 0 Å². The smallest absolute Gasteiger partial charge is 0.338 e. The Bertz CT molecular complexity index is 776. The van der Waals surface area contributed by atoms with Crippen molar-refractivity contribution in [3.63, 3.8) is 0 Å². The van der Waals surface area contributed by atoms with Gasteiger partial charge in [-0.05, 0) is 44.2 Å². The zero-order chi connectivity index (χ0) is 16.6. The molecule has 6 nitrogen and oxygen atoms in total. The molecule has 118 valence electrons. The summed E-state index contributed by atoms with van der Waals surface area (Å²) >= 11 is 0. The molecule has 1 aromatic carbocycles. The van der Waals surface area contributed by atoms with Gasteiger partial charge in [0.15, 0.2) is 0 Å². The van der Waals surface area contributed by atoms with Gasteiger partial charge in [0, 0.05) is 0 Å². The van der Waals surface area contributed by atoms with Crippen molar-refractivity contribution < 1.29 is 23.5 Å². The van der Waals surface area contributed by atoms with Crippen LogP contribution in [0.2, 0.25) is 0 Å². The Labute approximate surface area is 132 Å². The fourth-order valence-corrected chi connectivity index (χ4v) is 2.40. The lowest BCUT2D eigenvalue weighted by Gasteiger charge is -2.11. The normalized spacial score (nSPS) is 13.6. The SMILES string of the molecule is CC(C)OC(=O)c1ccc2c(c1)C(=O)N(Cc1ccco1)C2=O. The molecule has 0 saturated heterocycles. The van der Waals surface area contributed by atoms with Gasteiger partial charge in [-0.1, -0.05) is 0 Å². The van der Waals surface area contributed by atoms with E-state index in [0.29, 0.717) is 5.76 Å². The largest absolute Gasteiger partial charge is 0.467 e. The summed E-state index contributed by atoms with van der Waals surface area (Å²) in [5, 5.41) is 0. The summed E-state index contributed by atoms with van der Waals surface area (Å²) in [6, 6.07) is 7.75. The van der Waals surface area contributed by atoms with Crippen LogP contribution in [0.3, 0.4) is 0 Å². The highest BCUT2D eigenvalue weighted by molar-refractivity contribution is 6.21. The van der Waals surface area contributed by atoms with E-state index in [1.807, 2.05) is 0 Å². The number of rotatable bonds is 4. The van der Waals surface area contributed by atoms with Crippen LogP contribution in [0.15, 0.2) is 41.0 Å². The summed E-state index contributed by atoms with van der Waals surface area (Å²) in [4.78, 5) is 37.8. The Morgan fingerprint density at radius 2 is 1.91 bits per heavy atom. The molecule has 2 aromatic rings. The number of benzene rings is 1. The molecule has 0 bridgehead atoms. The van der Waals surface area contributed by atoms with E-state index in [2.05, 4.69) is 0 Å². The van der Waals surface area contributed by atoms with Crippen molar-refractivity contribution in [1.82, 2.24) is 4.90 Å². The molecule has 2 heterocycles. The van der Waals surface area contributed by atoms with E-state index in [1.165, 1.54) is 24.5 Å². The second-order valence-corrected chi connectivity index (χ2v) is 5.49. The zero-order valence-electron chi connectivity index (χ0n) is 12.7. The molecule has 3 rings (SSSR count). The molecule has 0 radical (unpaired) electrons. The fraction of sp³-hybridized carbons (Fsp3) is 0.235. The zero-order valence-corrected chi connectivity index (χ0v) is 12.7. The third-order valence-corrected chi connectivity index (χ3v) is 3.44. The highest BCUT2D eigenvalue weighted by Gasteiger charge is 2.36. The first kappa shape index (κ1) is 15.0. The number of esters is 1. The molecular formula is C17H15NO5. The molecule has 0 fully saturated rings. The van der Waals surface area contributed by atoms with E-state index in [9.17, 15) is 14.4 Å². The van der Waals surface area contributed by atoms with Crippen molar-refractivity contribution in [3.05, 3.63) is 59.0 Å². The predicted octanol–water partition coefficient (Wildman–Crippen LogP) is 2.64. The number of fused-ring (bicyclic) bond motifs is 1. The molecule has 0 unspecified atom stereocenters. The maximum atomic E-state index is 12.4. The lowest BCUT2D eigenvalue weighted by Crippen LogP contribution is -2.28. The number of carbonyl (C=O) groups excluding carboxylic acids is 3. The summed E-state index contributed by atoms with van der Waals surface area (Å²) in [7, 11) is 0. The highest BCUT2D eigenvalue weighted by atomic mass is 16.5. The van der Waals surface area contributed by atoms with Crippen molar-refractivity contribution >= 4 is 17.8 Å². The molecule has 2 amide bonds. The minimum absolute atomic E-state index is 0.0606. The molecule has 23 heavy (non-hydrogen) atoms. The molecule has 0 atom stereocenters. The lowest BCUT2D eigenvalue weighted by molar-refractivity contribution is 0.0377. The van der Waals surface area contributed by atoms with Gasteiger partial charge in [0.2, 0.25) is 0 Å². The minimum atomic E-state index is -0.521. The summed E-state index contributed by atoms with van der Waals surface area (Å²) in [6.07, 6.45) is 1.22. The van der Waals surface area contributed by atoms with E-state index in [0.717, 1.165) is 4.90 Å². The van der Waals surface area contributed by atoms with Gasteiger partial charge >= 0.3 is 5.97 Å². The maximum absolute atomic E-state index is 12.4. The number of nitrogens with zero attached hydrogens (tertiary/aromatic N) is 1. The third kappa shape index (κ3) is 2.75. The van der Waals surface area contributed by atoms with Crippen LogP contribution >= 0.6 is 0 Å². The van der Waals surface area contributed by atoms with Crippen LogP contribution in [-0.4, -0.2) is 28.8 Å². The van der Waals surface area contributed by atoms with Gasteiger partial charge in [-0.25, -0.2) is 4.79 Å². The summed E-state index contributed by atoms with van der Waals surface area (Å²) in [5.41, 5.74) is 0.737. The summed E-state index contributed by atoms with van der Waals surface area (Å²) < 4.78 is 10.3. The topological polar surface area (TPSA) is 76.8 Å². The average Bonchev–Trinajstić information content (AvgIpc) is 3.10. The average molecular weight is 313 g/mol. The van der Waals surface area contributed by atoms with Gasteiger partial charge in [-0.15, -0.1) is 0 Å². The first-order chi connectivity index (χ1) is 11.0. The van der Waals surface area contributed by atoms with Crippen LogP contribution in [-0.2, 0) is 11.3 Å². The van der Waals surface area contributed by atoms with Gasteiger partial charge in [-0.3, -0.25) is 14.5 Å². The summed E-state index contributed by atoms with van der Waals surface area (Å²) in [6.45, 7) is 3.54. The molecule has 0 N–H and O–H groups in total. The Balaban J connectivity index is 1.88. The number of furan rings is 1. The van der Waals surface area contributed by atoms with Crippen LogP contribution in [0.4, 0.5) is 0 Å². The molecule has 6 heteroatoms. The first-order valence-electron chi connectivity index (χ1n) is 7.21. The second-order valence-electron chi connectivity index (χ2n) is 5.49. The highest BCUT2D eigenvalue weighted by Crippen LogP contribution is 2.26. The number of imide groups is 1. The number of ether oxygens (including phenoxy) is 1. The molecule has 0 spiro atoms. The van der Waals surface area contributed by atoms with Crippen molar-refractivity contribution in [2.45, 2.75) is 26.5 Å². The van der Waals surface area contributed by atoms with Crippen molar-refractivity contribution in [1.29, 1.82) is 0 Å². The molecule has 1 aromatic heterocycles. The number of hydrogen-bond donors (Lipinski definition) is 0. The summed E-state index contributed by atoms with van der Waals surface area (Å²) in [5.74, 6) is -0.850. The second kappa shape index (κ2) is 5.72. The van der Waals surface area contributed by atoms with E-state index < -0.39 is 17.8 Å². The van der Waals surface area contributed by atoms with E-state index in [1.54, 1.807) is 26.0 Å². The standard InChI is InChI=1S/C17H15NO5/c1-10(2)23-17(21)11-5-6-13-14(8-11)16(20)18(15(13)19)9-12-4-3-7-22-12/h3-8,10H,9H2,1-2H3. The number of carbonyl (C=O) groups is 3. The number of hydrogen-bond acceptors (Lipinski definition) is 5. The van der Waals surface area contributed by atoms with E-state index in [4.69, 9.17) is 9.15 Å². The van der Waals surface area contributed by atoms with E-state index in [-0.39, 0.29) is 29.3 Å². The monoisotopic (exact) mass is 313 g/mol. The van der Waals surface area contributed by atoms with Crippen LogP contribution in [0.5, 0.6) is 0 Å². The Morgan fingerprint density at radius 1 is 1.17 bits per heavy atom. The minimum Gasteiger partial charge on any atom is -0.467 e. The Hall–Kier alpha value is -2.89. The quantitative estimate of drug-likeness (QED) is 0.640. The van der Waals surface area contributed by atoms with Crippen LogP contribution in [0.1, 0.15) is 50.7 Å². The Kier molecular flexibility index (Phi) is 3.73. The van der Waals surface area contributed by atoms with Gasteiger partial charge < -0.3 is 9.15 Å². The van der Waals surface area contributed by atoms with Crippen molar-refractivity contribution in [2.24, 2.45) is 0 Å². The molecule has 1 aliphatic heterocycles. The van der Waals surface area contributed by atoms with Crippen LogP contribution in [0, 0.1) is 0 Å².